The summed E-state index contributed by atoms with van der Waals surface area (Å²) in [6.07, 6.45) is 0. The quantitative estimate of drug-likeness (QED) is 0.0886. The van der Waals surface area contributed by atoms with Crippen LogP contribution in [0.1, 0.15) is 0 Å². The molecule has 0 bridgehead atoms. The van der Waals surface area contributed by atoms with Crippen LogP contribution in [0.15, 0.2) is 0 Å². The molecule has 0 aliphatic heterocycles. The third kappa shape index (κ3) is 2.11. The monoisotopic (exact) mass is 566 g/mol. The fourth-order valence-electron chi connectivity index (χ4n) is 2.99. The Bertz CT molecular complexity index is 997. The number of anilines is 9. The van der Waals surface area contributed by atoms with Crippen molar-refractivity contribution in [1.29, 1.82) is 0 Å². The fraction of sp³-hybridized carbons (Fsp3) is 0. The molecule has 0 aliphatic rings. The molecule has 3 aromatic carbocycles. The minimum atomic E-state index is -0.562. The van der Waals surface area contributed by atoms with E-state index < -0.39 is 17.2 Å². The second-order valence-electron chi connectivity index (χ2n) is 5.61. The molecular weight excluding hydrogens is 548 g/mol. The first-order valence-corrected chi connectivity index (χ1v) is 14.3. The molecule has 0 fully saturated rings. The van der Waals surface area contributed by atoms with Gasteiger partial charge < -0.3 is 0 Å². The van der Waals surface area contributed by atoms with Crippen molar-refractivity contribution in [3.8, 4) is 0 Å². The number of halogens is 2. The number of rotatable bonds is 1. The second kappa shape index (κ2) is 5.69. The number of benzene rings is 3. The van der Waals surface area contributed by atoms with Gasteiger partial charge in [-0.05, 0) is 0 Å². The zero-order valence-corrected chi connectivity index (χ0v) is 17.3. The first-order valence-electron chi connectivity index (χ1n) is 6.93. The van der Waals surface area contributed by atoms with E-state index in [9.17, 15) is 0 Å². The second-order valence-corrected chi connectivity index (χ2v) is 9.83. The first-order chi connectivity index (χ1) is 11.6. The molecule has 0 spiro atoms. The van der Waals surface area contributed by atoms with E-state index in [-0.39, 0.29) is 34.1 Å². The molecule has 0 saturated heterocycles. The Morgan fingerprint density at radius 2 is 0.680 bits per heavy atom. The van der Waals surface area contributed by atoms with E-state index in [1.54, 1.807) is 0 Å². The molecule has 0 atom stereocenters. The van der Waals surface area contributed by atoms with Crippen molar-refractivity contribution in [2.45, 2.75) is 0 Å². The van der Waals surface area contributed by atoms with E-state index in [0.717, 1.165) is 3.57 Å². The summed E-state index contributed by atoms with van der Waals surface area (Å²) < 4.78 is 0.880. The molecule has 9 nitrogen and oxygen atoms in total. The summed E-state index contributed by atoms with van der Waals surface area (Å²) in [7, 11) is 0. The summed E-state index contributed by atoms with van der Waals surface area (Å²) in [4.78, 5) is 0. The summed E-state index contributed by atoms with van der Waals surface area (Å²) in [5.74, 6) is 0. The molecular formula is C14H18I2N9-. The number of fused-ring (bicyclic) bond motifs is 2. The third-order valence-corrected chi connectivity index (χ3v) is 8.59. The Hall–Kier alpha value is -2.16. The molecule has 3 rings (SSSR count). The van der Waals surface area contributed by atoms with E-state index in [0.29, 0.717) is 38.6 Å². The number of nitrogen functional groups attached to an aromatic ring is 9. The van der Waals surface area contributed by atoms with Crippen molar-refractivity contribution in [2.24, 2.45) is 0 Å². The molecule has 0 radical (unpaired) electrons. The average molecular weight is 566 g/mol. The normalized spacial score (nSPS) is 11.6. The first kappa shape index (κ1) is 17.7. The van der Waals surface area contributed by atoms with Crippen molar-refractivity contribution >= 4 is 91.3 Å². The molecule has 3 aromatic rings. The van der Waals surface area contributed by atoms with Gasteiger partial charge in [-0.25, -0.2) is 0 Å². The van der Waals surface area contributed by atoms with Crippen molar-refractivity contribution < 1.29 is 17.2 Å². The van der Waals surface area contributed by atoms with Gasteiger partial charge in [0.05, 0.1) is 0 Å². The van der Waals surface area contributed by atoms with Gasteiger partial charge in [-0.3, -0.25) is 0 Å². The van der Waals surface area contributed by atoms with E-state index in [2.05, 4.69) is 18.6 Å². The van der Waals surface area contributed by atoms with Gasteiger partial charge in [-0.1, -0.05) is 0 Å². The molecule has 0 aromatic heterocycles. The van der Waals surface area contributed by atoms with Crippen LogP contribution in [0.4, 0.5) is 51.2 Å². The topological polar surface area (TPSA) is 234 Å². The van der Waals surface area contributed by atoms with Crippen LogP contribution in [0.2, 0.25) is 0 Å². The van der Waals surface area contributed by atoms with Crippen LogP contribution in [0.5, 0.6) is 0 Å². The maximum absolute atomic E-state index is 6.40. The summed E-state index contributed by atoms with van der Waals surface area (Å²) in [6.45, 7) is 0. The van der Waals surface area contributed by atoms with Gasteiger partial charge in [-0.2, -0.15) is 0 Å². The Morgan fingerprint density at radius 1 is 0.400 bits per heavy atom. The Balaban J connectivity index is 2.84. The van der Waals surface area contributed by atoms with Gasteiger partial charge in [0.1, 0.15) is 0 Å². The van der Waals surface area contributed by atoms with E-state index in [4.69, 9.17) is 51.6 Å². The minimum absolute atomic E-state index is 0.184. The van der Waals surface area contributed by atoms with E-state index in [1.807, 2.05) is 0 Å². The molecule has 0 aliphatic carbocycles. The van der Waals surface area contributed by atoms with Crippen LogP contribution in [-0.4, -0.2) is 0 Å². The van der Waals surface area contributed by atoms with Gasteiger partial charge in [-0.15, -0.1) is 0 Å². The van der Waals surface area contributed by atoms with Crippen molar-refractivity contribution in [1.82, 2.24) is 0 Å². The SMILES string of the molecule is Nc1c(N)c(N)c2c([I-]I)c3c(N)c(N)c(N)c(N)c3c(N)c2c1N. The molecule has 11 heteroatoms. The molecule has 18 N–H and O–H groups in total. The van der Waals surface area contributed by atoms with Crippen molar-refractivity contribution in [3.05, 3.63) is 3.57 Å². The van der Waals surface area contributed by atoms with Gasteiger partial charge in [0.2, 0.25) is 0 Å². The van der Waals surface area contributed by atoms with Crippen LogP contribution < -0.4 is 68.8 Å². The summed E-state index contributed by atoms with van der Waals surface area (Å²) in [5, 5.41) is 2.31. The summed E-state index contributed by atoms with van der Waals surface area (Å²) in [6, 6.07) is 0. The Kier molecular flexibility index (Phi) is 4.02. The molecule has 0 unspecified atom stereocenters. The van der Waals surface area contributed by atoms with Gasteiger partial charge >= 0.3 is 164 Å². The average Bonchev–Trinajstić information content (AvgIpc) is 2.59. The maximum atomic E-state index is 6.40. The molecule has 134 valence electrons. The van der Waals surface area contributed by atoms with Gasteiger partial charge in [0.25, 0.3) is 0 Å². The predicted octanol–water partition coefficient (Wildman–Crippen LogP) is -2.16. The summed E-state index contributed by atoms with van der Waals surface area (Å²) >= 11 is 1.73. The van der Waals surface area contributed by atoms with Gasteiger partial charge in [0.15, 0.2) is 0 Å². The van der Waals surface area contributed by atoms with Crippen LogP contribution in [-0.2, 0) is 0 Å². The van der Waals surface area contributed by atoms with Crippen molar-refractivity contribution in [2.75, 3.05) is 51.6 Å². The van der Waals surface area contributed by atoms with Gasteiger partial charge in [0, 0.05) is 0 Å². The number of hydrogen-bond donors (Lipinski definition) is 9. The molecule has 25 heavy (non-hydrogen) atoms. The fourth-order valence-corrected chi connectivity index (χ4v) is 7.26. The Morgan fingerprint density at radius 3 is 0.960 bits per heavy atom. The van der Waals surface area contributed by atoms with E-state index >= 15 is 0 Å². The number of hydrogen-bond acceptors (Lipinski definition) is 9. The zero-order valence-electron chi connectivity index (χ0n) is 13.0. The number of nitrogens with two attached hydrogens (primary N) is 9. The zero-order chi connectivity index (χ0) is 18.8. The predicted molar refractivity (Wildman–Crippen MR) is 114 cm³/mol. The Labute approximate surface area is 163 Å². The molecule has 0 amide bonds. The standard InChI is InChI=1S/C14H18I2N9/c15-16-5-1-3(9(20)13(24)11(22)7(1)18)6(17)4-2(5)8(19)12(23)14(25)10(4)21/h17-25H2/q-1. The summed E-state index contributed by atoms with van der Waals surface area (Å²) in [5.41, 5.74) is 57.6. The van der Waals surface area contributed by atoms with Crippen LogP contribution in [0, 0.1) is 3.57 Å². The van der Waals surface area contributed by atoms with Crippen LogP contribution >= 0.6 is 18.6 Å². The molecule has 0 heterocycles. The van der Waals surface area contributed by atoms with Crippen LogP contribution in [0.25, 0.3) is 21.5 Å². The van der Waals surface area contributed by atoms with Crippen molar-refractivity contribution in [3.63, 3.8) is 0 Å². The third-order valence-electron chi connectivity index (χ3n) is 4.37. The van der Waals surface area contributed by atoms with Crippen LogP contribution in [0.3, 0.4) is 0 Å². The molecule has 0 saturated carbocycles. The van der Waals surface area contributed by atoms with E-state index in [1.165, 1.54) is 0 Å².